The predicted octanol–water partition coefficient (Wildman–Crippen LogP) is 2.55. The number of halogens is 1. The van der Waals surface area contributed by atoms with E-state index in [1.165, 1.54) is 0 Å². The molecule has 1 rings (SSSR count). The van der Waals surface area contributed by atoms with E-state index >= 15 is 0 Å². The SMILES string of the molecule is CCOc1ccnc(NCC(C)(C)CCl)n1. The van der Waals surface area contributed by atoms with Gasteiger partial charge in [-0.2, -0.15) is 4.98 Å². The Morgan fingerprint density at radius 3 is 2.88 bits per heavy atom. The maximum Gasteiger partial charge on any atom is 0.225 e. The van der Waals surface area contributed by atoms with Crippen LogP contribution in [-0.2, 0) is 0 Å². The molecular weight excluding hydrogens is 226 g/mol. The third-order valence-electron chi connectivity index (χ3n) is 2.01. The monoisotopic (exact) mass is 243 g/mol. The Bertz CT molecular complexity index is 331. The summed E-state index contributed by atoms with van der Waals surface area (Å²) in [6.07, 6.45) is 1.67. The number of nitrogens with zero attached hydrogens (tertiary/aromatic N) is 2. The summed E-state index contributed by atoms with van der Waals surface area (Å²) in [5, 5.41) is 3.15. The Hall–Kier alpha value is -1.03. The topological polar surface area (TPSA) is 47.0 Å². The molecule has 1 aromatic rings. The zero-order valence-electron chi connectivity index (χ0n) is 9.96. The van der Waals surface area contributed by atoms with Gasteiger partial charge in [-0.3, -0.25) is 0 Å². The summed E-state index contributed by atoms with van der Waals surface area (Å²) in [6.45, 7) is 7.42. The lowest BCUT2D eigenvalue weighted by Crippen LogP contribution is -2.25. The lowest BCUT2D eigenvalue weighted by atomic mass is 9.97. The van der Waals surface area contributed by atoms with Crippen LogP contribution in [0.3, 0.4) is 0 Å². The van der Waals surface area contributed by atoms with E-state index < -0.39 is 0 Å². The molecular formula is C11H18ClN3O. The number of ether oxygens (including phenoxy) is 1. The van der Waals surface area contributed by atoms with E-state index in [1.54, 1.807) is 12.3 Å². The van der Waals surface area contributed by atoms with Gasteiger partial charge in [-0.15, -0.1) is 11.6 Å². The van der Waals surface area contributed by atoms with Crippen LogP contribution in [0.5, 0.6) is 5.88 Å². The highest BCUT2D eigenvalue weighted by Gasteiger charge is 2.16. The lowest BCUT2D eigenvalue weighted by Gasteiger charge is -2.21. The zero-order valence-corrected chi connectivity index (χ0v) is 10.7. The summed E-state index contributed by atoms with van der Waals surface area (Å²) in [5.74, 6) is 1.75. The van der Waals surface area contributed by atoms with Crippen molar-refractivity contribution in [1.29, 1.82) is 0 Å². The van der Waals surface area contributed by atoms with Gasteiger partial charge in [-0.1, -0.05) is 13.8 Å². The standard InChI is InChI=1S/C11H18ClN3O/c1-4-16-9-5-6-13-10(15-9)14-8-11(2,3)7-12/h5-6H,4,7-8H2,1-3H3,(H,13,14,15). The van der Waals surface area contributed by atoms with Gasteiger partial charge in [-0.25, -0.2) is 4.98 Å². The number of hydrogen-bond acceptors (Lipinski definition) is 4. The molecule has 1 aromatic heterocycles. The third-order valence-corrected chi connectivity index (χ3v) is 2.73. The molecule has 90 valence electrons. The highest BCUT2D eigenvalue weighted by atomic mass is 35.5. The molecule has 0 aromatic carbocycles. The lowest BCUT2D eigenvalue weighted by molar-refractivity contribution is 0.326. The van der Waals surface area contributed by atoms with E-state index in [0.29, 0.717) is 24.3 Å². The quantitative estimate of drug-likeness (QED) is 0.780. The van der Waals surface area contributed by atoms with Crippen LogP contribution in [0.2, 0.25) is 0 Å². The molecule has 0 amide bonds. The van der Waals surface area contributed by atoms with Crippen LogP contribution < -0.4 is 10.1 Å². The van der Waals surface area contributed by atoms with Crippen molar-refractivity contribution in [3.05, 3.63) is 12.3 Å². The van der Waals surface area contributed by atoms with Crippen LogP contribution in [0.4, 0.5) is 5.95 Å². The van der Waals surface area contributed by atoms with E-state index in [9.17, 15) is 0 Å². The first-order valence-electron chi connectivity index (χ1n) is 5.33. The van der Waals surface area contributed by atoms with Gasteiger partial charge in [0.25, 0.3) is 0 Å². The van der Waals surface area contributed by atoms with Crippen LogP contribution in [-0.4, -0.2) is 29.0 Å². The van der Waals surface area contributed by atoms with Crippen molar-refractivity contribution in [2.45, 2.75) is 20.8 Å². The summed E-state index contributed by atoms with van der Waals surface area (Å²) in [4.78, 5) is 8.33. The van der Waals surface area contributed by atoms with E-state index in [0.717, 1.165) is 6.54 Å². The fourth-order valence-corrected chi connectivity index (χ4v) is 1.12. The van der Waals surface area contributed by atoms with Gasteiger partial charge in [0.05, 0.1) is 6.61 Å². The maximum absolute atomic E-state index is 5.83. The number of nitrogens with one attached hydrogen (secondary N) is 1. The Balaban J connectivity index is 2.57. The summed E-state index contributed by atoms with van der Waals surface area (Å²) in [7, 11) is 0. The average molecular weight is 244 g/mol. The van der Waals surface area contributed by atoms with Crippen molar-refractivity contribution in [3.63, 3.8) is 0 Å². The minimum Gasteiger partial charge on any atom is -0.478 e. The summed E-state index contributed by atoms with van der Waals surface area (Å²) in [5.41, 5.74) is 0.0204. The van der Waals surface area contributed by atoms with Gasteiger partial charge in [0.15, 0.2) is 0 Å². The smallest absolute Gasteiger partial charge is 0.225 e. The molecule has 0 unspecified atom stereocenters. The van der Waals surface area contributed by atoms with Gasteiger partial charge in [-0.05, 0) is 12.3 Å². The van der Waals surface area contributed by atoms with E-state index in [4.69, 9.17) is 16.3 Å². The Morgan fingerprint density at radius 1 is 1.50 bits per heavy atom. The van der Waals surface area contributed by atoms with Crippen LogP contribution in [0.1, 0.15) is 20.8 Å². The minimum atomic E-state index is 0.0204. The largest absolute Gasteiger partial charge is 0.478 e. The van der Waals surface area contributed by atoms with Crippen molar-refractivity contribution >= 4 is 17.5 Å². The first-order valence-corrected chi connectivity index (χ1v) is 5.86. The number of aromatic nitrogens is 2. The second-order valence-electron chi connectivity index (χ2n) is 4.30. The van der Waals surface area contributed by atoms with Crippen molar-refractivity contribution in [1.82, 2.24) is 9.97 Å². The van der Waals surface area contributed by atoms with Gasteiger partial charge in [0.1, 0.15) is 0 Å². The van der Waals surface area contributed by atoms with Gasteiger partial charge < -0.3 is 10.1 Å². The van der Waals surface area contributed by atoms with E-state index in [2.05, 4.69) is 29.1 Å². The van der Waals surface area contributed by atoms with Gasteiger partial charge in [0, 0.05) is 24.7 Å². The molecule has 0 spiro atoms. The molecule has 1 N–H and O–H groups in total. The first kappa shape index (κ1) is 13.0. The molecule has 0 aliphatic carbocycles. The highest BCUT2D eigenvalue weighted by Crippen LogP contribution is 2.17. The molecule has 16 heavy (non-hydrogen) atoms. The fourth-order valence-electron chi connectivity index (χ4n) is 1.02. The molecule has 0 aliphatic rings. The zero-order chi connectivity index (χ0) is 12.0. The molecule has 0 bridgehead atoms. The third kappa shape index (κ3) is 4.23. The average Bonchev–Trinajstić information content (AvgIpc) is 2.28. The predicted molar refractivity (Wildman–Crippen MR) is 66.2 cm³/mol. The molecule has 0 aliphatic heterocycles. The molecule has 0 saturated heterocycles. The van der Waals surface area contributed by atoms with E-state index in [1.807, 2.05) is 6.92 Å². The Kier molecular flexibility index (Phi) is 4.80. The molecule has 0 radical (unpaired) electrons. The highest BCUT2D eigenvalue weighted by molar-refractivity contribution is 6.18. The van der Waals surface area contributed by atoms with Crippen LogP contribution in [0.25, 0.3) is 0 Å². The molecule has 1 heterocycles. The molecule has 5 heteroatoms. The number of anilines is 1. The summed E-state index contributed by atoms with van der Waals surface area (Å²) >= 11 is 5.83. The number of rotatable bonds is 6. The second kappa shape index (κ2) is 5.89. The summed E-state index contributed by atoms with van der Waals surface area (Å²) < 4.78 is 5.29. The number of hydrogen-bond donors (Lipinski definition) is 1. The van der Waals surface area contributed by atoms with Crippen LogP contribution >= 0.6 is 11.6 Å². The normalized spacial score (nSPS) is 11.2. The molecule has 4 nitrogen and oxygen atoms in total. The van der Waals surface area contributed by atoms with Crippen molar-refractivity contribution in [2.75, 3.05) is 24.3 Å². The van der Waals surface area contributed by atoms with E-state index in [-0.39, 0.29) is 5.41 Å². The second-order valence-corrected chi connectivity index (χ2v) is 4.57. The van der Waals surface area contributed by atoms with Gasteiger partial charge >= 0.3 is 0 Å². The molecule has 0 atom stereocenters. The Morgan fingerprint density at radius 2 is 2.25 bits per heavy atom. The molecule has 0 saturated carbocycles. The number of alkyl halides is 1. The minimum absolute atomic E-state index is 0.0204. The van der Waals surface area contributed by atoms with Crippen LogP contribution in [0, 0.1) is 5.41 Å². The fraction of sp³-hybridized carbons (Fsp3) is 0.636. The van der Waals surface area contributed by atoms with Crippen molar-refractivity contribution in [3.8, 4) is 5.88 Å². The molecule has 0 fully saturated rings. The van der Waals surface area contributed by atoms with Crippen LogP contribution in [0.15, 0.2) is 12.3 Å². The summed E-state index contributed by atoms with van der Waals surface area (Å²) in [6, 6.07) is 1.74. The van der Waals surface area contributed by atoms with Crippen molar-refractivity contribution < 1.29 is 4.74 Å². The Labute approximate surface area is 101 Å². The first-order chi connectivity index (χ1) is 7.57. The maximum atomic E-state index is 5.83. The van der Waals surface area contributed by atoms with Crippen molar-refractivity contribution in [2.24, 2.45) is 5.41 Å². The van der Waals surface area contributed by atoms with Gasteiger partial charge in [0.2, 0.25) is 11.8 Å².